The third-order valence-corrected chi connectivity index (χ3v) is 10.8. The van der Waals surface area contributed by atoms with Crippen molar-refractivity contribution in [1.82, 2.24) is 0 Å². The molecule has 3 nitrogen and oxygen atoms in total. The lowest BCUT2D eigenvalue weighted by Gasteiger charge is -2.26. The van der Waals surface area contributed by atoms with Crippen molar-refractivity contribution in [3.63, 3.8) is 0 Å². The second-order valence-electron chi connectivity index (χ2n) is 14.1. The molecule has 258 valence electrons. The Bertz CT molecular complexity index is 3190. The van der Waals surface area contributed by atoms with Gasteiger partial charge in [0.2, 0.25) is 0 Å². The van der Waals surface area contributed by atoms with Gasteiger partial charge in [-0.3, -0.25) is 0 Å². The van der Waals surface area contributed by atoms with Crippen molar-refractivity contribution in [3.8, 4) is 33.4 Å². The summed E-state index contributed by atoms with van der Waals surface area (Å²) in [5.74, 6) is 0. The molecule has 0 atom stereocenters. The largest absolute Gasteiger partial charge is 0.456 e. The van der Waals surface area contributed by atoms with Crippen LogP contribution >= 0.6 is 0 Å². The monoisotopic (exact) mass is 703 g/mol. The number of furan rings is 2. The zero-order valence-electron chi connectivity index (χ0n) is 29.8. The fourth-order valence-corrected chi connectivity index (χ4v) is 8.12. The van der Waals surface area contributed by atoms with Crippen LogP contribution in [-0.2, 0) is 0 Å². The van der Waals surface area contributed by atoms with Crippen molar-refractivity contribution in [2.75, 3.05) is 4.90 Å². The molecule has 0 radical (unpaired) electrons. The van der Waals surface area contributed by atoms with E-state index in [-0.39, 0.29) is 0 Å². The minimum atomic E-state index is 0.905. The highest BCUT2D eigenvalue weighted by atomic mass is 16.3. The lowest BCUT2D eigenvalue weighted by Crippen LogP contribution is -2.10. The van der Waals surface area contributed by atoms with E-state index in [0.717, 1.165) is 83.0 Å². The average molecular weight is 704 g/mol. The third kappa shape index (κ3) is 5.36. The maximum atomic E-state index is 6.40. The van der Waals surface area contributed by atoms with Gasteiger partial charge in [-0.05, 0) is 105 Å². The Morgan fingerprint density at radius 2 is 0.873 bits per heavy atom. The highest BCUT2D eigenvalue weighted by Crippen LogP contribution is 2.41. The quantitative estimate of drug-likeness (QED) is 0.173. The first-order valence-electron chi connectivity index (χ1n) is 18.7. The summed E-state index contributed by atoms with van der Waals surface area (Å²) >= 11 is 0. The molecule has 0 aliphatic carbocycles. The SMILES string of the molecule is c1ccc(-c2cccc(N(c3ccc(-c4ccc5cc6oc7ccccc7c6cc5c4)cc3)c3ccc(-c4cccc5c4oc4ccccc45)cc3)c2)cc1. The second kappa shape index (κ2) is 12.6. The number of hydrogen-bond acceptors (Lipinski definition) is 3. The lowest BCUT2D eigenvalue weighted by molar-refractivity contribution is 0.669. The van der Waals surface area contributed by atoms with Gasteiger partial charge in [0.25, 0.3) is 0 Å². The van der Waals surface area contributed by atoms with E-state index in [1.807, 2.05) is 24.3 Å². The Kier molecular flexibility index (Phi) is 7.17. The lowest BCUT2D eigenvalue weighted by atomic mass is 9.99. The molecule has 55 heavy (non-hydrogen) atoms. The zero-order valence-corrected chi connectivity index (χ0v) is 29.8. The van der Waals surface area contributed by atoms with E-state index < -0.39 is 0 Å². The molecule has 0 aliphatic heterocycles. The van der Waals surface area contributed by atoms with E-state index in [2.05, 4.69) is 181 Å². The molecule has 2 aromatic heterocycles. The van der Waals surface area contributed by atoms with E-state index in [1.165, 1.54) is 22.1 Å². The van der Waals surface area contributed by atoms with Gasteiger partial charge in [0.1, 0.15) is 22.3 Å². The van der Waals surface area contributed by atoms with Gasteiger partial charge >= 0.3 is 0 Å². The summed E-state index contributed by atoms with van der Waals surface area (Å²) in [6, 6.07) is 71.1. The minimum absolute atomic E-state index is 0.905. The highest BCUT2D eigenvalue weighted by molar-refractivity contribution is 6.11. The van der Waals surface area contributed by atoms with Crippen molar-refractivity contribution in [2.24, 2.45) is 0 Å². The highest BCUT2D eigenvalue weighted by Gasteiger charge is 2.17. The Morgan fingerprint density at radius 3 is 1.65 bits per heavy atom. The molecule has 0 spiro atoms. The molecular weight excluding hydrogens is 671 g/mol. The van der Waals surface area contributed by atoms with Crippen LogP contribution in [0.3, 0.4) is 0 Å². The summed E-state index contributed by atoms with van der Waals surface area (Å²) in [6.45, 7) is 0. The van der Waals surface area contributed by atoms with E-state index in [9.17, 15) is 0 Å². The van der Waals surface area contributed by atoms with Crippen LogP contribution in [0, 0.1) is 0 Å². The van der Waals surface area contributed by atoms with Crippen molar-refractivity contribution >= 4 is 71.7 Å². The van der Waals surface area contributed by atoms with Gasteiger partial charge in [-0.1, -0.05) is 133 Å². The van der Waals surface area contributed by atoms with E-state index in [1.54, 1.807) is 0 Å². The Balaban J connectivity index is 0.988. The van der Waals surface area contributed by atoms with Crippen molar-refractivity contribution in [2.45, 2.75) is 0 Å². The van der Waals surface area contributed by atoms with Crippen molar-refractivity contribution in [3.05, 3.63) is 200 Å². The van der Waals surface area contributed by atoms with Crippen LogP contribution in [-0.4, -0.2) is 0 Å². The van der Waals surface area contributed by atoms with Gasteiger partial charge in [0.05, 0.1) is 0 Å². The summed E-state index contributed by atoms with van der Waals surface area (Å²) in [5, 5.41) is 6.91. The van der Waals surface area contributed by atoms with Gasteiger partial charge in [0, 0.05) is 44.2 Å². The third-order valence-electron chi connectivity index (χ3n) is 10.8. The summed E-state index contributed by atoms with van der Waals surface area (Å²) in [4.78, 5) is 2.34. The first kappa shape index (κ1) is 31.2. The Morgan fingerprint density at radius 1 is 0.291 bits per heavy atom. The van der Waals surface area contributed by atoms with Crippen LogP contribution in [0.4, 0.5) is 17.1 Å². The molecule has 0 bridgehead atoms. The van der Waals surface area contributed by atoms with E-state index in [4.69, 9.17) is 8.83 Å². The molecule has 0 N–H and O–H groups in total. The fraction of sp³-hybridized carbons (Fsp3) is 0. The van der Waals surface area contributed by atoms with Crippen LogP contribution in [0.25, 0.3) is 88.0 Å². The fourth-order valence-electron chi connectivity index (χ4n) is 8.12. The number of anilines is 3. The predicted molar refractivity (Wildman–Crippen MR) is 229 cm³/mol. The summed E-state index contributed by atoms with van der Waals surface area (Å²) in [6.07, 6.45) is 0. The summed E-state index contributed by atoms with van der Waals surface area (Å²) in [5.41, 5.74) is 13.8. The van der Waals surface area contributed by atoms with Crippen LogP contribution < -0.4 is 4.90 Å². The van der Waals surface area contributed by atoms with Gasteiger partial charge in [-0.15, -0.1) is 0 Å². The first-order chi connectivity index (χ1) is 27.2. The predicted octanol–water partition coefficient (Wildman–Crippen LogP) is 15.1. The first-order valence-corrected chi connectivity index (χ1v) is 18.7. The maximum Gasteiger partial charge on any atom is 0.143 e. The molecule has 0 unspecified atom stereocenters. The number of hydrogen-bond donors (Lipinski definition) is 0. The number of benzene rings is 9. The van der Waals surface area contributed by atoms with Gasteiger partial charge in [-0.25, -0.2) is 0 Å². The molecule has 0 saturated heterocycles. The molecule has 9 aromatic carbocycles. The second-order valence-corrected chi connectivity index (χ2v) is 14.1. The van der Waals surface area contributed by atoms with E-state index in [0.29, 0.717) is 0 Å². The normalized spacial score (nSPS) is 11.6. The molecular formula is C52H33NO2. The molecule has 0 fully saturated rings. The molecule has 0 amide bonds. The van der Waals surface area contributed by atoms with Crippen LogP contribution in [0.2, 0.25) is 0 Å². The van der Waals surface area contributed by atoms with Gasteiger partial charge in [-0.2, -0.15) is 0 Å². The molecule has 2 heterocycles. The maximum absolute atomic E-state index is 6.40. The standard InChI is InChI=1S/C52H33NO2/c1-2-10-34(11-3-1)37-12-8-13-43(31-37)53(42-28-24-36(25-29-42)44-16-9-17-47-45-14-4-7-19-50(45)55-52(44)47)41-26-22-35(23-27-41)38-20-21-39-33-51-48(32-40(39)30-38)46-15-5-6-18-49(46)54-51/h1-33H. The number of nitrogens with zero attached hydrogens (tertiary/aromatic N) is 1. The number of rotatable bonds is 6. The topological polar surface area (TPSA) is 29.5 Å². The van der Waals surface area contributed by atoms with Gasteiger partial charge in [0.15, 0.2) is 0 Å². The van der Waals surface area contributed by atoms with Crippen LogP contribution in [0.15, 0.2) is 209 Å². The number of fused-ring (bicyclic) bond motifs is 7. The molecule has 0 saturated carbocycles. The van der Waals surface area contributed by atoms with Crippen molar-refractivity contribution < 1.29 is 8.83 Å². The summed E-state index contributed by atoms with van der Waals surface area (Å²) in [7, 11) is 0. The molecule has 11 rings (SSSR count). The zero-order chi connectivity index (χ0) is 36.3. The Hall–Kier alpha value is -7.36. The average Bonchev–Trinajstić information content (AvgIpc) is 3.82. The van der Waals surface area contributed by atoms with E-state index >= 15 is 0 Å². The van der Waals surface area contributed by atoms with Crippen molar-refractivity contribution in [1.29, 1.82) is 0 Å². The smallest absolute Gasteiger partial charge is 0.143 e. The minimum Gasteiger partial charge on any atom is -0.456 e. The van der Waals surface area contributed by atoms with Gasteiger partial charge < -0.3 is 13.7 Å². The summed E-state index contributed by atoms with van der Waals surface area (Å²) < 4.78 is 12.6. The van der Waals surface area contributed by atoms with Crippen LogP contribution in [0.5, 0.6) is 0 Å². The molecule has 11 aromatic rings. The molecule has 3 heteroatoms. The molecule has 0 aliphatic rings. The number of para-hydroxylation sites is 3. The van der Waals surface area contributed by atoms with Crippen LogP contribution in [0.1, 0.15) is 0 Å². The Labute approximate surface area is 317 Å².